The molecular weight excluding hydrogens is 332 g/mol. The van der Waals surface area contributed by atoms with Crippen molar-refractivity contribution in [1.29, 1.82) is 0 Å². The van der Waals surface area contributed by atoms with Crippen molar-refractivity contribution in [3.63, 3.8) is 0 Å². The number of piperazine rings is 1. The van der Waals surface area contributed by atoms with Crippen molar-refractivity contribution in [2.45, 2.75) is 46.6 Å². The van der Waals surface area contributed by atoms with Gasteiger partial charge in [0.25, 0.3) is 0 Å². The Kier molecular flexibility index (Phi) is 6.01. The summed E-state index contributed by atoms with van der Waals surface area (Å²) in [6.07, 6.45) is 0.955. The largest absolute Gasteiger partial charge is 0.369 e. The van der Waals surface area contributed by atoms with E-state index in [0.29, 0.717) is 12.0 Å². The standard InChI is InChI=1S/C24H32N2O/c1-17(2)21-6-8-22(9-7-21)20(5)25-10-12-26(13-11-25)24-15-18(3)23(16-27)14-19(24)4/h6-9,14-17,20H,10-13H2,1-5H3/t20-/m0/s1. The van der Waals surface area contributed by atoms with Gasteiger partial charge in [0.2, 0.25) is 0 Å². The van der Waals surface area contributed by atoms with E-state index in [2.05, 4.69) is 67.8 Å². The molecule has 0 saturated carbocycles. The van der Waals surface area contributed by atoms with Gasteiger partial charge < -0.3 is 4.90 Å². The number of hydrogen-bond acceptors (Lipinski definition) is 3. The highest BCUT2D eigenvalue weighted by atomic mass is 16.1. The number of rotatable bonds is 5. The molecule has 1 heterocycles. The second-order valence-corrected chi connectivity index (χ2v) is 8.13. The van der Waals surface area contributed by atoms with Gasteiger partial charge in [0.15, 0.2) is 0 Å². The minimum absolute atomic E-state index is 0.439. The third kappa shape index (κ3) is 4.24. The van der Waals surface area contributed by atoms with E-state index in [1.54, 1.807) is 0 Å². The summed E-state index contributed by atoms with van der Waals surface area (Å²) in [5.74, 6) is 0.579. The molecule has 1 fully saturated rings. The van der Waals surface area contributed by atoms with Crippen molar-refractivity contribution < 1.29 is 4.79 Å². The maximum Gasteiger partial charge on any atom is 0.150 e. The summed E-state index contributed by atoms with van der Waals surface area (Å²) >= 11 is 0. The first-order valence-electron chi connectivity index (χ1n) is 10.1. The quantitative estimate of drug-likeness (QED) is 0.688. The van der Waals surface area contributed by atoms with Gasteiger partial charge in [0.1, 0.15) is 6.29 Å². The molecule has 1 atom stereocenters. The van der Waals surface area contributed by atoms with Gasteiger partial charge in [-0.15, -0.1) is 0 Å². The van der Waals surface area contributed by atoms with Gasteiger partial charge in [0.05, 0.1) is 0 Å². The zero-order valence-corrected chi connectivity index (χ0v) is 17.3. The molecule has 1 aliphatic heterocycles. The molecule has 0 aliphatic carbocycles. The second-order valence-electron chi connectivity index (χ2n) is 8.13. The number of aldehydes is 1. The predicted molar refractivity (Wildman–Crippen MR) is 114 cm³/mol. The summed E-state index contributed by atoms with van der Waals surface area (Å²) in [6, 6.07) is 13.7. The van der Waals surface area contributed by atoms with E-state index < -0.39 is 0 Å². The molecule has 2 aromatic rings. The highest BCUT2D eigenvalue weighted by Gasteiger charge is 2.23. The lowest BCUT2D eigenvalue weighted by Gasteiger charge is -2.40. The molecule has 0 amide bonds. The van der Waals surface area contributed by atoms with Crippen LogP contribution in [0.3, 0.4) is 0 Å². The van der Waals surface area contributed by atoms with Crippen molar-refractivity contribution in [3.05, 3.63) is 64.2 Å². The topological polar surface area (TPSA) is 23.6 Å². The summed E-state index contributed by atoms with van der Waals surface area (Å²) in [4.78, 5) is 16.2. The Labute approximate surface area is 164 Å². The maximum atomic E-state index is 11.2. The van der Waals surface area contributed by atoms with Gasteiger partial charge >= 0.3 is 0 Å². The lowest BCUT2D eigenvalue weighted by atomic mass is 9.98. The maximum absolute atomic E-state index is 11.2. The second kappa shape index (κ2) is 8.26. The van der Waals surface area contributed by atoms with Gasteiger partial charge in [-0.05, 0) is 61.1 Å². The van der Waals surface area contributed by atoms with E-state index >= 15 is 0 Å². The van der Waals surface area contributed by atoms with E-state index in [-0.39, 0.29) is 0 Å². The molecule has 1 saturated heterocycles. The van der Waals surface area contributed by atoms with Crippen LogP contribution in [-0.2, 0) is 0 Å². The minimum Gasteiger partial charge on any atom is -0.369 e. The smallest absolute Gasteiger partial charge is 0.150 e. The van der Waals surface area contributed by atoms with Crippen LogP contribution in [0.4, 0.5) is 5.69 Å². The molecule has 144 valence electrons. The Morgan fingerprint density at radius 2 is 1.44 bits per heavy atom. The van der Waals surface area contributed by atoms with Gasteiger partial charge in [-0.1, -0.05) is 38.1 Å². The molecule has 0 unspecified atom stereocenters. The summed E-state index contributed by atoms with van der Waals surface area (Å²) in [5, 5.41) is 0. The van der Waals surface area contributed by atoms with Crippen molar-refractivity contribution in [1.82, 2.24) is 4.90 Å². The summed E-state index contributed by atoms with van der Waals surface area (Å²) in [5.41, 5.74) is 7.12. The van der Waals surface area contributed by atoms with Gasteiger partial charge in [-0.2, -0.15) is 0 Å². The molecule has 0 radical (unpaired) electrons. The molecule has 3 heteroatoms. The number of hydrogen-bond donors (Lipinski definition) is 0. The van der Waals surface area contributed by atoms with E-state index in [1.165, 1.54) is 22.4 Å². The Bertz CT molecular complexity index is 787. The fourth-order valence-corrected chi connectivity index (χ4v) is 4.01. The number of nitrogens with zero attached hydrogens (tertiary/aromatic N) is 2. The molecule has 0 spiro atoms. The van der Waals surface area contributed by atoms with Crippen LogP contribution in [0, 0.1) is 13.8 Å². The van der Waals surface area contributed by atoms with Crippen LogP contribution >= 0.6 is 0 Å². The van der Waals surface area contributed by atoms with Gasteiger partial charge in [0, 0.05) is 43.5 Å². The molecule has 3 nitrogen and oxygen atoms in total. The molecule has 0 N–H and O–H groups in total. The average molecular weight is 365 g/mol. The van der Waals surface area contributed by atoms with E-state index in [4.69, 9.17) is 0 Å². The third-order valence-corrected chi connectivity index (χ3v) is 6.00. The third-order valence-electron chi connectivity index (χ3n) is 6.00. The van der Waals surface area contributed by atoms with Crippen molar-refractivity contribution >= 4 is 12.0 Å². The number of carbonyl (C=O) groups excluding carboxylic acids is 1. The van der Waals surface area contributed by atoms with Gasteiger partial charge in [-0.3, -0.25) is 9.69 Å². The molecule has 3 rings (SSSR count). The predicted octanol–water partition coefficient (Wildman–Crippen LogP) is 5.12. The first-order valence-corrected chi connectivity index (χ1v) is 10.1. The summed E-state index contributed by atoms with van der Waals surface area (Å²) < 4.78 is 0. The normalized spacial score (nSPS) is 16.6. The fraction of sp³-hybridized carbons (Fsp3) is 0.458. The van der Waals surface area contributed by atoms with Crippen molar-refractivity contribution in [3.8, 4) is 0 Å². The summed E-state index contributed by atoms with van der Waals surface area (Å²) in [6.45, 7) is 15.1. The molecule has 0 aromatic heterocycles. The van der Waals surface area contributed by atoms with E-state index in [1.807, 2.05) is 13.0 Å². The number of carbonyl (C=O) groups is 1. The number of anilines is 1. The lowest BCUT2D eigenvalue weighted by molar-refractivity contribution is 0.112. The Balaban J connectivity index is 1.66. The van der Waals surface area contributed by atoms with E-state index in [9.17, 15) is 4.79 Å². The average Bonchev–Trinajstić information content (AvgIpc) is 2.69. The Morgan fingerprint density at radius 1 is 0.852 bits per heavy atom. The molecule has 0 bridgehead atoms. The molecule has 2 aromatic carbocycles. The van der Waals surface area contributed by atoms with Crippen LogP contribution in [0.5, 0.6) is 0 Å². The Morgan fingerprint density at radius 3 is 2.00 bits per heavy atom. The van der Waals surface area contributed by atoms with Crippen LogP contribution in [0.25, 0.3) is 0 Å². The molecule has 27 heavy (non-hydrogen) atoms. The Hall–Kier alpha value is -2.13. The zero-order chi connectivity index (χ0) is 19.6. The summed E-state index contributed by atoms with van der Waals surface area (Å²) in [7, 11) is 0. The lowest BCUT2D eigenvalue weighted by Crippen LogP contribution is -2.47. The minimum atomic E-state index is 0.439. The molecule has 1 aliphatic rings. The van der Waals surface area contributed by atoms with Crippen LogP contribution in [-0.4, -0.2) is 37.4 Å². The fourth-order valence-electron chi connectivity index (χ4n) is 4.01. The van der Waals surface area contributed by atoms with Crippen LogP contribution in [0.15, 0.2) is 36.4 Å². The highest BCUT2D eigenvalue weighted by Crippen LogP contribution is 2.28. The SMILES string of the molecule is Cc1cc(N2CCN([C@@H](C)c3ccc(C(C)C)cc3)CC2)c(C)cc1C=O. The van der Waals surface area contributed by atoms with Crippen LogP contribution < -0.4 is 4.90 Å². The van der Waals surface area contributed by atoms with Crippen molar-refractivity contribution in [2.24, 2.45) is 0 Å². The number of benzene rings is 2. The zero-order valence-electron chi connectivity index (χ0n) is 17.3. The molecular formula is C24H32N2O. The first kappa shape index (κ1) is 19.6. The van der Waals surface area contributed by atoms with Crippen LogP contribution in [0.1, 0.15) is 65.3 Å². The first-order chi connectivity index (χ1) is 12.9. The van der Waals surface area contributed by atoms with E-state index in [0.717, 1.165) is 43.6 Å². The van der Waals surface area contributed by atoms with Crippen molar-refractivity contribution in [2.75, 3.05) is 31.1 Å². The monoisotopic (exact) mass is 364 g/mol. The highest BCUT2D eigenvalue weighted by molar-refractivity contribution is 5.79. The van der Waals surface area contributed by atoms with Gasteiger partial charge in [-0.25, -0.2) is 0 Å². The number of aryl methyl sites for hydroxylation is 2. The van der Waals surface area contributed by atoms with Crippen LogP contribution in [0.2, 0.25) is 0 Å².